The van der Waals surface area contributed by atoms with E-state index in [-0.39, 0.29) is 5.97 Å². The molecule has 1 heterocycles. The van der Waals surface area contributed by atoms with Crippen LogP contribution in [0.25, 0.3) is 0 Å². The van der Waals surface area contributed by atoms with Gasteiger partial charge in [0.25, 0.3) is 0 Å². The number of benzene rings is 2. The molecular weight excluding hydrogens is 446 g/mol. The molecule has 6 heteroatoms. The third-order valence-electron chi connectivity index (χ3n) is 8.31. The molecular formula is C28H30ClN3O2. The number of imidazole rings is 1. The number of carbonyl (C=O) groups excluding carboxylic acids is 1. The molecule has 0 unspecified atom stereocenters. The van der Waals surface area contributed by atoms with Gasteiger partial charge in [0.1, 0.15) is 5.69 Å². The highest BCUT2D eigenvalue weighted by atomic mass is 35.5. The summed E-state index contributed by atoms with van der Waals surface area (Å²) in [6.07, 6.45) is 11.6. The highest BCUT2D eigenvalue weighted by molar-refractivity contribution is 6.33. The quantitative estimate of drug-likeness (QED) is 0.409. The molecule has 7 rings (SSSR count). The minimum atomic E-state index is -0.387. The first-order valence-electron chi connectivity index (χ1n) is 12.3. The number of hydrogen-bond acceptors (Lipinski definition) is 4. The molecule has 34 heavy (non-hydrogen) atoms. The van der Waals surface area contributed by atoms with Crippen LogP contribution in [0.2, 0.25) is 5.02 Å². The summed E-state index contributed by atoms with van der Waals surface area (Å²) in [5.74, 6) is 2.38. The van der Waals surface area contributed by atoms with Crippen molar-refractivity contribution in [1.82, 2.24) is 9.55 Å². The Morgan fingerprint density at radius 1 is 1.09 bits per heavy atom. The number of rotatable bonds is 6. The van der Waals surface area contributed by atoms with Crippen LogP contribution < -0.4 is 5.32 Å². The van der Waals surface area contributed by atoms with Crippen LogP contribution in [0.1, 0.15) is 60.1 Å². The van der Waals surface area contributed by atoms with Crippen molar-refractivity contribution in [2.45, 2.75) is 50.5 Å². The molecule has 2 aromatic carbocycles. The van der Waals surface area contributed by atoms with Gasteiger partial charge in [0.05, 0.1) is 30.3 Å². The van der Waals surface area contributed by atoms with Crippen molar-refractivity contribution in [3.63, 3.8) is 0 Å². The van der Waals surface area contributed by atoms with Gasteiger partial charge in [0.15, 0.2) is 0 Å². The van der Waals surface area contributed by atoms with Gasteiger partial charge in [-0.1, -0.05) is 29.8 Å². The fourth-order valence-electron chi connectivity index (χ4n) is 7.18. The maximum absolute atomic E-state index is 11.9. The standard InChI is InChI=1S/C28H30ClN3O2/c1-34-27(33)26-15-30-17-32(26)16-18-2-5-23(6-3-18)31-25-7-4-22(11-24(25)29)28-12-19-8-20(13-28)10-21(9-19)14-28/h2-7,11,15,17,19-21,31H,8-10,12-14,16H2,1H3. The van der Waals surface area contributed by atoms with Crippen molar-refractivity contribution in [2.75, 3.05) is 12.4 Å². The average Bonchev–Trinajstić information content (AvgIpc) is 3.28. The summed E-state index contributed by atoms with van der Waals surface area (Å²) >= 11 is 6.79. The molecule has 1 N–H and O–H groups in total. The third-order valence-corrected chi connectivity index (χ3v) is 8.63. The average molecular weight is 476 g/mol. The summed E-state index contributed by atoms with van der Waals surface area (Å²) in [6, 6.07) is 14.8. The number of methoxy groups -OCH3 is 1. The summed E-state index contributed by atoms with van der Waals surface area (Å²) in [4.78, 5) is 15.9. The van der Waals surface area contributed by atoms with Crippen molar-refractivity contribution in [3.05, 3.63) is 76.8 Å². The molecule has 4 aliphatic carbocycles. The molecule has 0 amide bonds. The lowest BCUT2D eigenvalue weighted by Crippen LogP contribution is -2.48. The lowest BCUT2D eigenvalue weighted by molar-refractivity contribution is -0.00517. The van der Waals surface area contributed by atoms with Crippen molar-refractivity contribution in [1.29, 1.82) is 0 Å². The number of halogens is 1. The van der Waals surface area contributed by atoms with E-state index in [1.54, 1.807) is 10.9 Å². The summed E-state index contributed by atoms with van der Waals surface area (Å²) in [5, 5.41) is 4.26. The number of carbonyl (C=O) groups is 1. The molecule has 4 aliphatic rings. The maximum Gasteiger partial charge on any atom is 0.356 e. The van der Waals surface area contributed by atoms with E-state index in [4.69, 9.17) is 16.3 Å². The second-order valence-electron chi connectivity index (χ2n) is 10.6. The monoisotopic (exact) mass is 475 g/mol. The summed E-state index contributed by atoms with van der Waals surface area (Å²) in [6.45, 7) is 0.547. The van der Waals surface area contributed by atoms with Crippen LogP contribution in [0, 0.1) is 17.8 Å². The zero-order valence-electron chi connectivity index (χ0n) is 19.5. The van der Waals surface area contributed by atoms with Crippen LogP contribution in [0.3, 0.4) is 0 Å². The highest BCUT2D eigenvalue weighted by Gasteiger charge is 2.51. The van der Waals surface area contributed by atoms with Crippen LogP contribution in [-0.2, 0) is 16.7 Å². The number of hydrogen-bond donors (Lipinski definition) is 1. The van der Waals surface area contributed by atoms with Gasteiger partial charge in [-0.15, -0.1) is 0 Å². The Labute approximate surface area is 205 Å². The maximum atomic E-state index is 11.9. The Hall–Kier alpha value is -2.79. The molecule has 4 fully saturated rings. The Balaban J connectivity index is 1.16. The topological polar surface area (TPSA) is 56.1 Å². The van der Waals surface area contributed by atoms with Gasteiger partial charge in [-0.05, 0) is 97.1 Å². The number of anilines is 2. The second kappa shape index (κ2) is 8.46. The predicted molar refractivity (Wildman–Crippen MR) is 134 cm³/mol. The normalized spacial score (nSPS) is 27.1. The summed E-state index contributed by atoms with van der Waals surface area (Å²) in [7, 11) is 1.38. The summed E-state index contributed by atoms with van der Waals surface area (Å²) < 4.78 is 6.61. The zero-order chi connectivity index (χ0) is 23.3. The predicted octanol–water partition coefficient (Wildman–Crippen LogP) is 6.58. The van der Waals surface area contributed by atoms with Gasteiger partial charge in [-0.25, -0.2) is 9.78 Å². The molecule has 0 spiro atoms. The zero-order valence-corrected chi connectivity index (χ0v) is 20.2. The first-order chi connectivity index (χ1) is 16.5. The number of nitrogens with zero attached hydrogens (tertiary/aromatic N) is 2. The first kappa shape index (κ1) is 21.7. The van der Waals surface area contributed by atoms with Crippen LogP contribution in [0.5, 0.6) is 0 Å². The number of aromatic nitrogens is 2. The fourth-order valence-corrected chi connectivity index (χ4v) is 7.41. The Bertz CT molecular complexity index is 1180. The second-order valence-corrected chi connectivity index (χ2v) is 11.0. The third kappa shape index (κ3) is 3.90. The SMILES string of the molecule is COC(=O)c1cncn1Cc1ccc(Nc2ccc(C34CC5CC(CC(C5)C3)C4)cc2Cl)cc1. The molecule has 176 valence electrons. The largest absolute Gasteiger partial charge is 0.464 e. The molecule has 0 radical (unpaired) electrons. The Morgan fingerprint density at radius 2 is 1.76 bits per heavy atom. The number of esters is 1. The lowest BCUT2D eigenvalue weighted by atomic mass is 9.48. The minimum Gasteiger partial charge on any atom is -0.464 e. The van der Waals surface area contributed by atoms with Gasteiger partial charge >= 0.3 is 5.97 Å². The fraction of sp³-hybridized carbons (Fsp3) is 0.429. The van der Waals surface area contributed by atoms with Crippen molar-refractivity contribution in [2.24, 2.45) is 17.8 Å². The molecule has 0 atom stereocenters. The first-order valence-corrected chi connectivity index (χ1v) is 12.6. The lowest BCUT2D eigenvalue weighted by Gasteiger charge is -2.57. The molecule has 4 bridgehead atoms. The van der Waals surface area contributed by atoms with Gasteiger partial charge in [0.2, 0.25) is 0 Å². The van der Waals surface area contributed by atoms with E-state index in [0.29, 0.717) is 17.7 Å². The van der Waals surface area contributed by atoms with Crippen molar-refractivity contribution >= 4 is 28.9 Å². The van der Waals surface area contributed by atoms with Gasteiger partial charge in [-0.2, -0.15) is 0 Å². The van der Waals surface area contributed by atoms with E-state index >= 15 is 0 Å². The van der Waals surface area contributed by atoms with E-state index < -0.39 is 0 Å². The highest BCUT2D eigenvalue weighted by Crippen LogP contribution is 2.61. The molecule has 0 saturated heterocycles. The Kier molecular flexibility index (Phi) is 5.40. The van der Waals surface area contributed by atoms with Crippen LogP contribution in [0.4, 0.5) is 11.4 Å². The number of ether oxygens (including phenoxy) is 1. The van der Waals surface area contributed by atoms with Gasteiger partial charge < -0.3 is 14.6 Å². The van der Waals surface area contributed by atoms with E-state index in [9.17, 15) is 4.79 Å². The van der Waals surface area contributed by atoms with Crippen molar-refractivity contribution in [3.8, 4) is 0 Å². The van der Waals surface area contributed by atoms with E-state index in [0.717, 1.165) is 39.7 Å². The van der Waals surface area contributed by atoms with E-state index in [1.807, 2.05) is 24.3 Å². The minimum absolute atomic E-state index is 0.356. The smallest absolute Gasteiger partial charge is 0.356 e. The van der Waals surface area contributed by atoms with E-state index in [2.05, 4.69) is 28.5 Å². The van der Waals surface area contributed by atoms with E-state index in [1.165, 1.54) is 57.4 Å². The molecule has 0 aliphatic heterocycles. The van der Waals surface area contributed by atoms with Crippen LogP contribution >= 0.6 is 11.6 Å². The number of nitrogens with one attached hydrogen (secondary N) is 1. The summed E-state index contributed by atoms with van der Waals surface area (Å²) in [5.41, 5.74) is 5.22. The molecule has 4 saturated carbocycles. The molecule has 5 nitrogen and oxygen atoms in total. The molecule has 3 aromatic rings. The van der Waals surface area contributed by atoms with Crippen LogP contribution in [0.15, 0.2) is 55.0 Å². The molecule has 1 aromatic heterocycles. The van der Waals surface area contributed by atoms with Crippen LogP contribution in [-0.4, -0.2) is 22.6 Å². The van der Waals surface area contributed by atoms with Gasteiger partial charge in [0, 0.05) is 12.2 Å². The van der Waals surface area contributed by atoms with Crippen molar-refractivity contribution < 1.29 is 9.53 Å². The Morgan fingerprint density at radius 3 is 2.38 bits per heavy atom. The van der Waals surface area contributed by atoms with Gasteiger partial charge in [-0.3, -0.25) is 0 Å².